The second-order valence-corrected chi connectivity index (χ2v) is 6.04. The number of hydrogen-bond acceptors (Lipinski definition) is 3. The predicted octanol–water partition coefficient (Wildman–Crippen LogP) is 2.25. The maximum atomic E-state index is 11.9. The van der Waals surface area contributed by atoms with E-state index in [4.69, 9.17) is 0 Å². The number of rotatable bonds is 5. The van der Waals surface area contributed by atoms with Crippen molar-refractivity contribution in [2.24, 2.45) is 0 Å². The predicted molar refractivity (Wildman–Crippen MR) is 88.0 cm³/mol. The molecule has 1 aliphatic rings. The molecule has 22 heavy (non-hydrogen) atoms. The summed E-state index contributed by atoms with van der Waals surface area (Å²) in [5.41, 5.74) is 1.33. The van der Waals surface area contributed by atoms with E-state index < -0.39 is 0 Å². The van der Waals surface area contributed by atoms with Gasteiger partial charge in [0.05, 0.1) is 6.54 Å². The molecule has 2 rings (SSSR count). The Bertz CT molecular complexity index is 505. The van der Waals surface area contributed by atoms with Gasteiger partial charge < -0.3 is 15.5 Å². The van der Waals surface area contributed by atoms with Crippen molar-refractivity contribution in [1.82, 2.24) is 10.2 Å². The van der Waals surface area contributed by atoms with Crippen LogP contribution in [0.3, 0.4) is 0 Å². The zero-order valence-corrected chi connectivity index (χ0v) is 13.4. The number of anilines is 1. The van der Waals surface area contributed by atoms with Gasteiger partial charge in [0.25, 0.3) is 5.91 Å². The Labute approximate surface area is 132 Å². The van der Waals surface area contributed by atoms with Gasteiger partial charge in [-0.25, -0.2) is 0 Å². The van der Waals surface area contributed by atoms with Crippen molar-refractivity contribution in [3.05, 3.63) is 29.8 Å². The molecule has 2 amide bonds. The van der Waals surface area contributed by atoms with Crippen LogP contribution >= 0.6 is 0 Å². The number of amides is 2. The van der Waals surface area contributed by atoms with E-state index >= 15 is 0 Å². The maximum Gasteiger partial charge on any atom is 0.253 e. The van der Waals surface area contributed by atoms with Crippen LogP contribution in [-0.2, 0) is 4.79 Å². The van der Waals surface area contributed by atoms with Crippen LogP contribution in [0.5, 0.6) is 0 Å². The molecule has 5 nitrogen and oxygen atoms in total. The number of benzene rings is 1. The fourth-order valence-corrected chi connectivity index (χ4v) is 2.70. The molecule has 1 saturated carbocycles. The molecule has 0 atom stereocenters. The number of hydrogen-bond donors (Lipinski definition) is 2. The normalized spacial score (nSPS) is 15.4. The third-order valence-corrected chi connectivity index (χ3v) is 3.98. The Morgan fingerprint density at radius 3 is 2.32 bits per heavy atom. The van der Waals surface area contributed by atoms with Gasteiger partial charge in [0.15, 0.2) is 0 Å². The topological polar surface area (TPSA) is 61.4 Å². The molecule has 120 valence electrons. The first-order valence-corrected chi connectivity index (χ1v) is 7.91. The highest BCUT2D eigenvalue weighted by molar-refractivity contribution is 5.95. The van der Waals surface area contributed by atoms with Crippen molar-refractivity contribution in [1.29, 1.82) is 0 Å². The molecule has 2 N–H and O–H groups in total. The summed E-state index contributed by atoms with van der Waals surface area (Å²) in [6, 6.07) is 7.45. The molecule has 0 heterocycles. The first-order chi connectivity index (χ1) is 10.6. The monoisotopic (exact) mass is 303 g/mol. The molecule has 0 spiro atoms. The molecule has 1 aliphatic carbocycles. The largest absolute Gasteiger partial charge is 0.345 e. The Hall–Kier alpha value is -1.88. The molecule has 0 aliphatic heterocycles. The molecule has 1 aromatic carbocycles. The molecular formula is C17H25N3O2. The molecule has 5 heteroatoms. The van der Waals surface area contributed by atoms with Crippen molar-refractivity contribution in [2.45, 2.75) is 38.1 Å². The van der Waals surface area contributed by atoms with Gasteiger partial charge in [0.1, 0.15) is 0 Å². The van der Waals surface area contributed by atoms with Crippen molar-refractivity contribution < 1.29 is 9.59 Å². The highest BCUT2D eigenvalue weighted by Gasteiger charge is 2.14. The van der Waals surface area contributed by atoms with Gasteiger partial charge in [0, 0.05) is 31.4 Å². The minimum Gasteiger partial charge on any atom is -0.345 e. The SMILES string of the molecule is CN(C)C(=O)c1ccc(NC(=O)CNC2CCCCC2)cc1. The van der Waals surface area contributed by atoms with E-state index in [1.807, 2.05) is 0 Å². The molecular weight excluding hydrogens is 278 g/mol. The fourth-order valence-electron chi connectivity index (χ4n) is 2.70. The van der Waals surface area contributed by atoms with E-state index in [-0.39, 0.29) is 11.8 Å². The number of carbonyl (C=O) groups is 2. The Morgan fingerprint density at radius 2 is 1.73 bits per heavy atom. The van der Waals surface area contributed by atoms with Crippen molar-refractivity contribution in [3.8, 4) is 0 Å². The van der Waals surface area contributed by atoms with E-state index in [9.17, 15) is 9.59 Å². The third-order valence-electron chi connectivity index (χ3n) is 3.98. The fraction of sp³-hybridized carbons (Fsp3) is 0.529. The van der Waals surface area contributed by atoms with Gasteiger partial charge in [-0.2, -0.15) is 0 Å². The Balaban J connectivity index is 1.80. The van der Waals surface area contributed by atoms with Crippen molar-refractivity contribution >= 4 is 17.5 Å². The van der Waals surface area contributed by atoms with Crippen molar-refractivity contribution in [3.63, 3.8) is 0 Å². The van der Waals surface area contributed by atoms with Crippen LogP contribution in [0.25, 0.3) is 0 Å². The van der Waals surface area contributed by atoms with Crippen LogP contribution in [0.4, 0.5) is 5.69 Å². The van der Waals surface area contributed by atoms with E-state index in [1.165, 1.54) is 24.2 Å². The lowest BCUT2D eigenvalue weighted by Crippen LogP contribution is -2.37. The van der Waals surface area contributed by atoms with Crippen LogP contribution in [0, 0.1) is 0 Å². The standard InChI is InChI=1S/C17H25N3O2/c1-20(2)17(22)13-8-10-15(11-9-13)19-16(21)12-18-14-6-4-3-5-7-14/h8-11,14,18H,3-7,12H2,1-2H3,(H,19,21). The zero-order chi connectivity index (χ0) is 15.9. The second kappa shape index (κ2) is 7.94. The van der Waals surface area contributed by atoms with Crippen LogP contribution in [0.1, 0.15) is 42.5 Å². The molecule has 0 aromatic heterocycles. The third kappa shape index (κ3) is 4.84. The first-order valence-electron chi connectivity index (χ1n) is 7.91. The van der Waals surface area contributed by atoms with Crippen LogP contribution in [0.2, 0.25) is 0 Å². The minimum absolute atomic E-state index is 0.0442. The maximum absolute atomic E-state index is 11.9. The first kappa shape index (κ1) is 16.5. The average molecular weight is 303 g/mol. The van der Waals surface area contributed by atoms with E-state index in [1.54, 1.807) is 38.4 Å². The van der Waals surface area contributed by atoms with Crippen molar-refractivity contribution in [2.75, 3.05) is 26.0 Å². The summed E-state index contributed by atoms with van der Waals surface area (Å²) in [4.78, 5) is 25.2. The summed E-state index contributed by atoms with van der Waals surface area (Å²) >= 11 is 0. The number of nitrogens with zero attached hydrogens (tertiary/aromatic N) is 1. The lowest BCUT2D eigenvalue weighted by atomic mass is 9.95. The average Bonchev–Trinajstić information content (AvgIpc) is 2.54. The molecule has 1 fully saturated rings. The molecule has 0 unspecified atom stereocenters. The summed E-state index contributed by atoms with van der Waals surface area (Å²) in [6.45, 7) is 0.336. The van der Waals surface area contributed by atoms with Gasteiger partial charge in [-0.3, -0.25) is 9.59 Å². The van der Waals surface area contributed by atoms with Gasteiger partial charge >= 0.3 is 0 Å². The molecule has 0 saturated heterocycles. The van der Waals surface area contributed by atoms with E-state index in [2.05, 4.69) is 10.6 Å². The summed E-state index contributed by atoms with van der Waals surface area (Å²) < 4.78 is 0. The molecule has 0 bridgehead atoms. The number of carbonyl (C=O) groups excluding carboxylic acids is 2. The smallest absolute Gasteiger partial charge is 0.253 e. The second-order valence-electron chi connectivity index (χ2n) is 6.04. The van der Waals surface area contributed by atoms with E-state index in [0.29, 0.717) is 23.8 Å². The summed E-state index contributed by atoms with van der Waals surface area (Å²) in [6.07, 6.45) is 6.13. The van der Waals surface area contributed by atoms with Gasteiger partial charge in [-0.15, -0.1) is 0 Å². The molecule has 0 radical (unpaired) electrons. The summed E-state index contributed by atoms with van der Waals surface area (Å²) in [7, 11) is 3.43. The lowest BCUT2D eigenvalue weighted by molar-refractivity contribution is -0.115. The lowest BCUT2D eigenvalue weighted by Gasteiger charge is -2.22. The van der Waals surface area contributed by atoms with E-state index in [0.717, 1.165) is 12.8 Å². The van der Waals surface area contributed by atoms with Crippen LogP contribution in [-0.4, -0.2) is 43.4 Å². The number of nitrogens with one attached hydrogen (secondary N) is 2. The van der Waals surface area contributed by atoms with Crippen LogP contribution in [0.15, 0.2) is 24.3 Å². The Morgan fingerprint density at radius 1 is 1.09 bits per heavy atom. The summed E-state index contributed by atoms with van der Waals surface area (Å²) in [5.74, 6) is -0.0888. The zero-order valence-electron chi connectivity index (χ0n) is 13.4. The highest BCUT2D eigenvalue weighted by Crippen LogP contribution is 2.17. The van der Waals surface area contributed by atoms with Gasteiger partial charge in [-0.05, 0) is 37.1 Å². The highest BCUT2D eigenvalue weighted by atomic mass is 16.2. The molecule has 1 aromatic rings. The quantitative estimate of drug-likeness (QED) is 0.877. The van der Waals surface area contributed by atoms with Gasteiger partial charge in [0.2, 0.25) is 5.91 Å². The minimum atomic E-state index is -0.0446. The Kier molecular flexibility index (Phi) is 5.95. The van der Waals surface area contributed by atoms with Crippen LogP contribution < -0.4 is 10.6 Å². The summed E-state index contributed by atoms with van der Waals surface area (Å²) in [5, 5.41) is 6.16. The van der Waals surface area contributed by atoms with Gasteiger partial charge in [-0.1, -0.05) is 19.3 Å².